The van der Waals surface area contributed by atoms with Gasteiger partial charge >= 0.3 is 0 Å². The predicted molar refractivity (Wildman–Crippen MR) is 246 cm³/mol. The Balaban J connectivity index is 1.30. The van der Waals surface area contributed by atoms with Crippen molar-refractivity contribution in [1.29, 1.82) is 0 Å². The molecule has 0 heterocycles. The topological polar surface area (TPSA) is 3.24 Å². The molecule has 0 aromatic heterocycles. The van der Waals surface area contributed by atoms with E-state index in [1.807, 2.05) is 12.2 Å². The van der Waals surface area contributed by atoms with Crippen molar-refractivity contribution in [2.24, 2.45) is 0 Å². The highest BCUT2D eigenvalue weighted by Gasteiger charge is 2.26. The van der Waals surface area contributed by atoms with Crippen LogP contribution in [0.1, 0.15) is 36.1 Å². The fraction of sp³-hybridized carbons (Fsp3) is 0.0357. The average Bonchev–Trinajstić information content (AvgIpc) is 3.26. The first-order chi connectivity index (χ1) is 28.1. The summed E-state index contributed by atoms with van der Waals surface area (Å²) in [5.41, 5.74) is 22.2. The molecule has 1 nitrogen and oxygen atoms in total. The minimum atomic E-state index is 1.07. The maximum atomic E-state index is 4.42. The highest BCUT2D eigenvalue weighted by Crippen LogP contribution is 2.49. The summed E-state index contributed by atoms with van der Waals surface area (Å²) in [4.78, 5) is 2.39. The van der Waals surface area contributed by atoms with Crippen molar-refractivity contribution in [1.82, 2.24) is 0 Å². The zero-order valence-electron chi connectivity index (χ0n) is 32.4. The molecule has 0 saturated carbocycles. The van der Waals surface area contributed by atoms with Gasteiger partial charge in [-0.05, 0) is 133 Å². The summed E-state index contributed by atoms with van der Waals surface area (Å²) in [6.07, 6.45) is 10.7. The van der Waals surface area contributed by atoms with E-state index in [-0.39, 0.29) is 0 Å². The summed E-state index contributed by atoms with van der Waals surface area (Å²) in [5.74, 6) is 0. The van der Waals surface area contributed by atoms with Crippen LogP contribution >= 0.6 is 0 Å². The van der Waals surface area contributed by atoms with Crippen LogP contribution in [0.5, 0.6) is 0 Å². The molecular weight excluding hydrogens is 687 g/mol. The molecule has 57 heavy (non-hydrogen) atoms. The molecule has 9 rings (SSSR count). The first-order valence-electron chi connectivity index (χ1n) is 19.6. The highest BCUT2D eigenvalue weighted by atomic mass is 15.1. The molecule has 272 valence electrons. The minimum Gasteiger partial charge on any atom is -0.314 e. The molecule has 0 amide bonds. The molecule has 1 heteroatoms. The van der Waals surface area contributed by atoms with Gasteiger partial charge in [-0.2, -0.15) is 0 Å². The lowest BCUT2D eigenvalue weighted by atomic mass is 9.79. The van der Waals surface area contributed by atoms with Crippen molar-refractivity contribution in [2.75, 3.05) is 4.90 Å². The van der Waals surface area contributed by atoms with E-state index in [1.165, 1.54) is 72.3 Å². The number of allylic oxidation sites excluding steroid dienone is 10. The summed E-state index contributed by atoms with van der Waals surface area (Å²) in [6.45, 7) is 12.9. The van der Waals surface area contributed by atoms with Gasteiger partial charge in [0, 0.05) is 17.1 Å². The molecule has 0 atom stereocenters. The Hall–Kier alpha value is -7.22. The maximum Gasteiger partial charge on any atom is 0.0464 e. The fourth-order valence-corrected chi connectivity index (χ4v) is 8.86. The Kier molecular flexibility index (Phi) is 9.42. The molecule has 7 aromatic rings. The van der Waals surface area contributed by atoms with Gasteiger partial charge in [-0.3, -0.25) is 0 Å². The molecule has 7 aromatic carbocycles. The van der Waals surface area contributed by atoms with Crippen LogP contribution in [0, 0.1) is 0 Å². The summed E-state index contributed by atoms with van der Waals surface area (Å²) >= 11 is 0. The Morgan fingerprint density at radius 3 is 1.33 bits per heavy atom. The summed E-state index contributed by atoms with van der Waals surface area (Å²) in [5, 5.41) is 0. The van der Waals surface area contributed by atoms with Crippen LogP contribution in [0.25, 0.3) is 66.8 Å². The third-order valence-corrected chi connectivity index (χ3v) is 11.3. The van der Waals surface area contributed by atoms with Crippen molar-refractivity contribution >= 4 is 33.7 Å². The standard InChI is InChI=1S/C56H43N/c1-5-21-43-41(6-2)56-37-40(34-35-54(56)52-32-18-17-30-50(52)47-27-14-13-25-45(43)47)57(39-22-9-8-10-23-39)38(4)36-55-42(7-3)44-24-11-12-26-46(44)48-28-15-16-29-49(48)51-31-19-20-33-53(51)55/h5-37H,1,3H2,2,4H3/b38-36+,41-6+,43-21+,44-42?,48-46?,51-49?,55-42-,55-53?. The van der Waals surface area contributed by atoms with E-state index in [0.717, 1.165) is 33.8 Å². The number of para-hydroxylation sites is 1. The average molecular weight is 730 g/mol. The Morgan fingerprint density at radius 2 is 0.842 bits per heavy atom. The Morgan fingerprint density at radius 1 is 0.421 bits per heavy atom. The van der Waals surface area contributed by atoms with E-state index >= 15 is 0 Å². The second kappa shape index (κ2) is 15.1. The van der Waals surface area contributed by atoms with Gasteiger partial charge in [0.2, 0.25) is 0 Å². The van der Waals surface area contributed by atoms with Gasteiger partial charge in [0.15, 0.2) is 0 Å². The normalized spacial score (nSPS) is 15.6. The lowest BCUT2D eigenvalue weighted by Gasteiger charge is -2.30. The number of hydrogen-bond donors (Lipinski definition) is 0. The second-order valence-corrected chi connectivity index (χ2v) is 14.5. The molecule has 0 radical (unpaired) electrons. The van der Waals surface area contributed by atoms with Gasteiger partial charge in [-0.1, -0.05) is 183 Å². The molecule has 2 aliphatic carbocycles. The van der Waals surface area contributed by atoms with Crippen molar-refractivity contribution in [2.45, 2.75) is 13.8 Å². The van der Waals surface area contributed by atoms with Gasteiger partial charge < -0.3 is 4.90 Å². The van der Waals surface area contributed by atoms with Gasteiger partial charge in [-0.25, -0.2) is 0 Å². The quantitative estimate of drug-likeness (QED) is 0.165. The molecule has 0 unspecified atom stereocenters. The highest BCUT2D eigenvalue weighted by molar-refractivity contribution is 6.14. The molecular formula is C56H43N. The van der Waals surface area contributed by atoms with Crippen LogP contribution in [0.4, 0.5) is 11.4 Å². The largest absolute Gasteiger partial charge is 0.314 e. The van der Waals surface area contributed by atoms with Crippen molar-refractivity contribution in [3.05, 3.63) is 241 Å². The van der Waals surface area contributed by atoms with Gasteiger partial charge in [0.05, 0.1) is 0 Å². The third-order valence-electron chi connectivity index (χ3n) is 11.3. The first-order valence-corrected chi connectivity index (χ1v) is 19.6. The summed E-state index contributed by atoms with van der Waals surface area (Å²) in [7, 11) is 0. The zero-order chi connectivity index (χ0) is 38.9. The lowest BCUT2D eigenvalue weighted by molar-refractivity contribution is 1.16. The molecule has 2 aliphatic rings. The van der Waals surface area contributed by atoms with Gasteiger partial charge in [0.1, 0.15) is 0 Å². The number of nitrogens with zero attached hydrogens (tertiary/aromatic N) is 1. The van der Waals surface area contributed by atoms with Crippen molar-refractivity contribution < 1.29 is 0 Å². The van der Waals surface area contributed by atoms with E-state index < -0.39 is 0 Å². The number of benzene rings is 7. The van der Waals surface area contributed by atoms with Crippen LogP contribution in [0.3, 0.4) is 0 Å². The fourth-order valence-electron chi connectivity index (χ4n) is 8.86. The van der Waals surface area contributed by atoms with E-state index in [4.69, 9.17) is 0 Å². The number of anilines is 2. The predicted octanol–water partition coefficient (Wildman–Crippen LogP) is 15.5. The van der Waals surface area contributed by atoms with Crippen LogP contribution in [0.2, 0.25) is 0 Å². The molecule has 0 N–H and O–H groups in total. The molecule has 0 aliphatic heterocycles. The van der Waals surface area contributed by atoms with E-state index in [1.54, 1.807) is 0 Å². The van der Waals surface area contributed by atoms with Gasteiger partial charge in [-0.15, -0.1) is 0 Å². The van der Waals surface area contributed by atoms with E-state index in [2.05, 4.69) is 220 Å². The Labute approximate surface area is 336 Å². The first kappa shape index (κ1) is 35.5. The minimum absolute atomic E-state index is 1.07. The molecule has 0 fully saturated rings. The van der Waals surface area contributed by atoms with Crippen LogP contribution < -0.4 is 4.90 Å². The van der Waals surface area contributed by atoms with E-state index in [9.17, 15) is 0 Å². The van der Waals surface area contributed by atoms with E-state index in [0.29, 0.717) is 0 Å². The van der Waals surface area contributed by atoms with Crippen LogP contribution in [-0.2, 0) is 0 Å². The Bertz CT molecular complexity index is 2840. The lowest BCUT2D eigenvalue weighted by Crippen LogP contribution is -2.15. The maximum absolute atomic E-state index is 4.42. The summed E-state index contributed by atoms with van der Waals surface area (Å²) < 4.78 is 0. The third kappa shape index (κ3) is 6.15. The monoisotopic (exact) mass is 729 g/mol. The second-order valence-electron chi connectivity index (χ2n) is 14.5. The smallest absolute Gasteiger partial charge is 0.0464 e. The molecule has 0 saturated heterocycles. The van der Waals surface area contributed by atoms with Crippen LogP contribution in [0.15, 0.2) is 219 Å². The number of fused-ring (bicyclic) bond motifs is 10. The van der Waals surface area contributed by atoms with Crippen molar-refractivity contribution in [3.8, 4) is 44.5 Å². The number of hydrogen-bond acceptors (Lipinski definition) is 1. The van der Waals surface area contributed by atoms with Gasteiger partial charge in [0.25, 0.3) is 0 Å². The molecule has 0 spiro atoms. The van der Waals surface area contributed by atoms with Crippen LogP contribution in [-0.4, -0.2) is 0 Å². The SMILES string of the molecule is C=C/C=C1\C(=C/C)c2cc(N(/C(C)=C/C3=C(\C=C)c4ccccc4-c4ccccc4-c4ccccc43)c3ccccc3)ccc2-c2ccccc2-c2ccccc21. The summed E-state index contributed by atoms with van der Waals surface area (Å²) in [6, 6.07) is 61.5. The number of rotatable bonds is 6. The molecule has 0 bridgehead atoms. The zero-order valence-corrected chi connectivity index (χ0v) is 32.4. The van der Waals surface area contributed by atoms with Crippen molar-refractivity contribution in [3.63, 3.8) is 0 Å².